The van der Waals surface area contributed by atoms with Crippen LogP contribution in [0.3, 0.4) is 0 Å². The third kappa shape index (κ3) is 5.73. The number of nitrogens with one attached hydrogen (secondary N) is 1. The molecule has 0 aliphatic carbocycles. The molecule has 0 saturated carbocycles. The van der Waals surface area contributed by atoms with E-state index in [4.69, 9.17) is 16.3 Å². The van der Waals surface area contributed by atoms with Gasteiger partial charge in [0.15, 0.2) is 10.9 Å². The second-order valence-corrected chi connectivity index (χ2v) is 9.64. The second kappa shape index (κ2) is 10.6. The van der Waals surface area contributed by atoms with E-state index >= 15 is 0 Å². The first-order chi connectivity index (χ1) is 17.1. The van der Waals surface area contributed by atoms with Crippen molar-refractivity contribution in [2.24, 2.45) is 0 Å². The Morgan fingerprint density at radius 2 is 2.06 bits per heavy atom. The molecular formula is C24H24ClN7O2S. The number of para-hydroxylation sites is 1. The Kier molecular flexibility index (Phi) is 7.14. The van der Waals surface area contributed by atoms with Gasteiger partial charge < -0.3 is 15.2 Å². The molecule has 11 heteroatoms. The Morgan fingerprint density at radius 1 is 1.17 bits per heavy atom. The van der Waals surface area contributed by atoms with Crippen LogP contribution in [0.15, 0.2) is 48.9 Å². The number of hydrogen-bond acceptors (Lipinski definition) is 10. The van der Waals surface area contributed by atoms with Crippen LogP contribution >= 0.6 is 22.9 Å². The van der Waals surface area contributed by atoms with Crippen LogP contribution in [0.4, 0.5) is 10.9 Å². The van der Waals surface area contributed by atoms with Crippen LogP contribution in [0.25, 0.3) is 10.6 Å². The van der Waals surface area contributed by atoms with Crippen molar-refractivity contribution in [1.29, 1.82) is 0 Å². The lowest BCUT2D eigenvalue weighted by Crippen LogP contribution is -2.31. The number of ether oxygens (including phenoxy) is 1. The van der Waals surface area contributed by atoms with E-state index in [9.17, 15) is 5.11 Å². The zero-order chi connectivity index (χ0) is 24.2. The number of likely N-dealkylation sites (tertiary alicyclic amines) is 1. The van der Waals surface area contributed by atoms with Crippen LogP contribution in [0.2, 0.25) is 5.02 Å². The maximum atomic E-state index is 9.50. The number of anilines is 2. The van der Waals surface area contributed by atoms with Crippen molar-refractivity contribution in [3.63, 3.8) is 0 Å². The van der Waals surface area contributed by atoms with Gasteiger partial charge in [-0.2, -0.15) is 4.98 Å². The van der Waals surface area contributed by atoms with E-state index in [1.165, 1.54) is 11.3 Å². The minimum Gasteiger partial charge on any atom is -0.423 e. The zero-order valence-electron chi connectivity index (χ0n) is 19.1. The Bertz CT molecular complexity index is 1300. The van der Waals surface area contributed by atoms with Gasteiger partial charge in [0, 0.05) is 24.5 Å². The number of hydrogen-bond donors (Lipinski definition) is 2. The van der Waals surface area contributed by atoms with Gasteiger partial charge in [-0.25, -0.2) is 15.0 Å². The molecule has 5 rings (SSSR count). The summed E-state index contributed by atoms with van der Waals surface area (Å²) in [4.78, 5) is 25.5. The molecule has 1 atom stereocenters. The zero-order valence-corrected chi connectivity index (χ0v) is 20.6. The summed E-state index contributed by atoms with van der Waals surface area (Å²) in [6.07, 6.45) is 7.33. The first kappa shape index (κ1) is 23.6. The molecule has 35 heavy (non-hydrogen) atoms. The predicted octanol–water partition coefficient (Wildman–Crippen LogP) is 4.84. The molecule has 1 aromatic carbocycles. The fraction of sp³-hybridized carbons (Fsp3) is 0.292. The average molecular weight is 510 g/mol. The summed E-state index contributed by atoms with van der Waals surface area (Å²) >= 11 is 7.64. The molecular weight excluding hydrogens is 486 g/mol. The fourth-order valence-electron chi connectivity index (χ4n) is 3.92. The monoisotopic (exact) mass is 509 g/mol. The number of aliphatic hydroxyl groups is 1. The lowest BCUT2D eigenvalue weighted by atomic mass is 10.2. The molecule has 2 N–H and O–H groups in total. The predicted molar refractivity (Wildman–Crippen MR) is 135 cm³/mol. The van der Waals surface area contributed by atoms with Crippen LogP contribution in [0.1, 0.15) is 24.2 Å². The third-order valence-electron chi connectivity index (χ3n) is 5.64. The van der Waals surface area contributed by atoms with Crippen molar-refractivity contribution >= 4 is 33.9 Å². The fourth-order valence-corrected chi connectivity index (χ4v) is 4.88. The van der Waals surface area contributed by atoms with E-state index in [-0.39, 0.29) is 18.7 Å². The van der Waals surface area contributed by atoms with Gasteiger partial charge in [0.1, 0.15) is 5.75 Å². The SMILES string of the molecule is Cc1cc(-c2cnc(Nc3cnc(CN4CCC[C@H]4CO)cn3)s2)nc(Oc2ccccc2Cl)n1. The molecule has 0 bridgehead atoms. The van der Waals surface area contributed by atoms with Crippen molar-refractivity contribution in [3.8, 4) is 22.3 Å². The molecule has 1 aliphatic rings. The van der Waals surface area contributed by atoms with Gasteiger partial charge in [-0.3, -0.25) is 9.88 Å². The number of nitrogens with zero attached hydrogens (tertiary/aromatic N) is 6. The number of aryl methyl sites for hydroxylation is 1. The van der Waals surface area contributed by atoms with E-state index in [1.54, 1.807) is 30.7 Å². The van der Waals surface area contributed by atoms with Crippen LogP contribution in [-0.2, 0) is 6.54 Å². The highest BCUT2D eigenvalue weighted by Gasteiger charge is 2.24. The van der Waals surface area contributed by atoms with Gasteiger partial charge in [-0.05, 0) is 44.5 Å². The molecule has 0 unspecified atom stereocenters. The molecule has 4 aromatic rings. The van der Waals surface area contributed by atoms with Gasteiger partial charge in [0.2, 0.25) is 0 Å². The van der Waals surface area contributed by atoms with Crippen molar-refractivity contribution in [2.45, 2.75) is 32.4 Å². The van der Waals surface area contributed by atoms with Gasteiger partial charge in [0.05, 0.1) is 40.3 Å². The van der Waals surface area contributed by atoms with E-state index in [1.807, 2.05) is 25.1 Å². The van der Waals surface area contributed by atoms with Crippen LogP contribution in [-0.4, -0.2) is 54.1 Å². The van der Waals surface area contributed by atoms with Crippen LogP contribution in [0.5, 0.6) is 11.8 Å². The molecule has 0 spiro atoms. The Balaban J connectivity index is 1.26. The summed E-state index contributed by atoms with van der Waals surface area (Å²) < 4.78 is 5.81. The molecule has 1 saturated heterocycles. The van der Waals surface area contributed by atoms with Gasteiger partial charge >= 0.3 is 6.01 Å². The third-order valence-corrected chi connectivity index (χ3v) is 6.89. The van der Waals surface area contributed by atoms with Crippen molar-refractivity contribution in [2.75, 3.05) is 18.5 Å². The van der Waals surface area contributed by atoms with Crippen molar-refractivity contribution in [3.05, 3.63) is 65.3 Å². The standard InChI is InChI=1S/C24H24ClN7O2S/c1-15-9-19(30-23(29-15)34-20-7-3-2-6-18(20)25)21-11-28-24(35-21)31-22-12-26-16(10-27-22)13-32-8-4-5-17(32)14-33/h2-3,6-7,9-12,17,33H,4-5,8,13-14H2,1H3,(H,27,28,31)/t17-/m0/s1. The van der Waals surface area contributed by atoms with Gasteiger partial charge in [-0.1, -0.05) is 35.1 Å². The van der Waals surface area contributed by atoms with E-state index < -0.39 is 0 Å². The molecule has 0 radical (unpaired) electrons. The Hall–Kier alpha value is -3.18. The lowest BCUT2D eigenvalue weighted by molar-refractivity contribution is 0.152. The van der Waals surface area contributed by atoms with Gasteiger partial charge in [-0.15, -0.1) is 0 Å². The topological polar surface area (TPSA) is 109 Å². The minimum atomic E-state index is 0.179. The molecule has 1 fully saturated rings. The summed E-state index contributed by atoms with van der Waals surface area (Å²) in [6.45, 7) is 3.72. The van der Waals surface area contributed by atoms with E-state index in [2.05, 4.69) is 35.1 Å². The summed E-state index contributed by atoms with van der Waals surface area (Å²) in [6, 6.07) is 9.51. The molecule has 9 nitrogen and oxygen atoms in total. The second-order valence-electron chi connectivity index (χ2n) is 8.21. The van der Waals surface area contributed by atoms with Crippen molar-refractivity contribution in [1.82, 2.24) is 29.8 Å². The van der Waals surface area contributed by atoms with Crippen molar-refractivity contribution < 1.29 is 9.84 Å². The smallest absolute Gasteiger partial charge is 0.322 e. The Labute approximate surface area is 211 Å². The largest absolute Gasteiger partial charge is 0.423 e. The number of aromatic nitrogens is 5. The maximum Gasteiger partial charge on any atom is 0.322 e. The summed E-state index contributed by atoms with van der Waals surface area (Å²) in [5, 5.41) is 13.9. The maximum absolute atomic E-state index is 9.50. The number of benzene rings is 1. The summed E-state index contributed by atoms with van der Waals surface area (Å²) in [5.74, 6) is 1.10. The summed E-state index contributed by atoms with van der Waals surface area (Å²) in [5.41, 5.74) is 2.34. The highest BCUT2D eigenvalue weighted by molar-refractivity contribution is 7.18. The molecule has 180 valence electrons. The quantitative estimate of drug-likeness (QED) is 0.344. The summed E-state index contributed by atoms with van der Waals surface area (Å²) in [7, 11) is 0. The normalized spacial score (nSPS) is 15.9. The number of thiazole rings is 1. The highest BCUT2D eigenvalue weighted by Crippen LogP contribution is 2.32. The molecule has 0 amide bonds. The van der Waals surface area contributed by atoms with E-state index in [0.717, 1.165) is 35.7 Å². The van der Waals surface area contributed by atoms with Crippen LogP contribution in [0, 0.1) is 6.92 Å². The highest BCUT2D eigenvalue weighted by atomic mass is 35.5. The number of rotatable bonds is 8. The number of halogens is 1. The average Bonchev–Trinajstić information content (AvgIpc) is 3.51. The van der Waals surface area contributed by atoms with E-state index in [0.29, 0.717) is 34.0 Å². The first-order valence-electron chi connectivity index (χ1n) is 11.2. The Morgan fingerprint density at radius 3 is 2.86 bits per heavy atom. The molecule has 4 heterocycles. The van der Waals surface area contributed by atoms with Gasteiger partial charge in [0.25, 0.3) is 0 Å². The number of aliphatic hydroxyl groups excluding tert-OH is 1. The molecule has 3 aromatic heterocycles. The minimum absolute atomic E-state index is 0.179. The van der Waals surface area contributed by atoms with Crippen LogP contribution < -0.4 is 10.1 Å². The first-order valence-corrected chi connectivity index (χ1v) is 12.4. The lowest BCUT2D eigenvalue weighted by Gasteiger charge is -2.21. The molecule has 1 aliphatic heterocycles.